The van der Waals surface area contributed by atoms with Gasteiger partial charge in [0, 0.05) is 17.5 Å². The summed E-state index contributed by atoms with van der Waals surface area (Å²) in [6, 6.07) is 6.58. The van der Waals surface area contributed by atoms with Crippen molar-refractivity contribution in [3.63, 3.8) is 0 Å². The molecule has 1 aromatic carbocycles. The Morgan fingerprint density at radius 1 is 1.41 bits per heavy atom. The predicted octanol–water partition coefficient (Wildman–Crippen LogP) is 3.20. The molecule has 94 valence electrons. The van der Waals surface area contributed by atoms with Crippen LogP contribution in [0.2, 0.25) is 0 Å². The maximum Gasteiger partial charge on any atom is 0.123 e. The van der Waals surface area contributed by atoms with Crippen LogP contribution >= 0.6 is 0 Å². The van der Waals surface area contributed by atoms with Gasteiger partial charge in [0.15, 0.2) is 0 Å². The van der Waals surface area contributed by atoms with Gasteiger partial charge in [-0.2, -0.15) is 0 Å². The van der Waals surface area contributed by atoms with Crippen LogP contribution in [0.1, 0.15) is 50.7 Å². The minimum absolute atomic E-state index is 0.0662. The number of hydrogen-bond acceptors (Lipinski definition) is 2. The third-order valence-electron chi connectivity index (χ3n) is 3.90. The number of hydrogen-bond donors (Lipinski definition) is 1. The zero-order valence-electron chi connectivity index (χ0n) is 11.1. The third kappa shape index (κ3) is 2.32. The molecule has 0 aliphatic carbocycles. The highest BCUT2D eigenvalue weighted by Gasteiger charge is 2.30. The molecule has 1 aliphatic rings. The van der Waals surface area contributed by atoms with Gasteiger partial charge in [-0.1, -0.05) is 32.9 Å². The molecule has 1 unspecified atom stereocenters. The minimum Gasteiger partial charge on any atom is -0.493 e. The fraction of sp³-hybridized carbons (Fsp3) is 0.600. The van der Waals surface area contributed by atoms with Gasteiger partial charge < -0.3 is 10.5 Å². The van der Waals surface area contributed by atoms with Crippen LogP contribution in [0.4, 0.5) is 0 Å². The van der Waals surface area contributed by atoms with Crippen molar-refractivity contribution in [3.05, 3.63) is 29.3 Å². The topological polar surface area (TPSA) is 35.2 Å². The molecular weight excluding hydrogens is 210 g/mol. The van der Waals surface area contributed by atoms with E-state index in [0.29, 0.717) is 12.5 Å². The van der Waals surface area contributed by atoms with E-state index in [1.54, 1.807) is 0 Å². The second kappa shape index (κ2) is 4.69. The third-order valence-corrected chi connectivity index (χ3v) is 3.90. The zero-order valence-corrected chi connectivity index (χ0v) is 11.1. The molecule has 0 aromatic heterocycles. The first kappa shape index (κ1) is 12.4. The highest BCUT2D eigenvalue weighted by atomic mass is 16.5. The lowest BCUT2D eigenvalue weighted by molar-refractivity contribution is 0.313. The first-order chi connectivity index (χ1) is 8.07. The number of benzene rings is 1. The summed E-state index contributed by atoms with van der Waals surface area (Å²) >= 11 is 0. The highest BCUT2D eigenvalue weighted by Crippen LogP contribution is 2.38. The molecule has 1 aromatic rings. The van der Waals surface area contributed by atoms with Crippen molar-refractivity contribution in [2.75, 3.05) is 13.2 Å². The molecule has 0 fully saturated rings. The van der Waals surface area contributed by atoms with Crippen molar-refractivity contribution in [1.29, 1.82) is 0 Å². The Kier molecular flexibility index (Phi) is 3.43. The number of nitrogens with two attached hydrogens (primary N) is 1. The summed E-state index contributed by atoms with van der Waals surface area (Å²) in [6.45, 7) is 8.19. The van der Waals surface area contributed by atoms with E-state index >= 15 is 0 Å². The molecule has 0 radical (unpaired) electrons. The van der Waals surface area contributed by atoms with E-state index < -0.39 is 0 Å². The lowest BCUT2D eigenvalue weighted by atomic mass is 9.77. The molecular formula is C15H23NO. The van der Waals surface area contributed by atoms with Crippen molar-refractivity contribution in [3.8, 4) is 5.75 Å². The second-order valence-electron chi connectivity index (χ2n) is 5.63. The smallest absolute Gasteiger partial charge is 0.123 e. The van der Waals surface area contributed by atoms with Crippen LogP contribution in [0.15, 0.2) is 18.2 Å². The summed E-state index contributed by atoms with van der Waals surface area (Å²) in [5, 5.41) is 0. The molecule has 1 atom stereocenters. The SMILES string of the molecule is CC(C)c1ccc2c(c1)C(C)(CN)CCCO2. The van der Waals surface area contributed by atoms with Crippen LogP contribution in [-0.4, -0.2) is 13.2 Å². The van der Waals surface area contributed by atoms with Crippen molar-refractivity contribution >= 4 is 0 Å². The second-order valence-corrected chi connectivity index (χ2v) is 5.63. The molecule has 0 spiro atoms. The van der Waals surface area contributed by atoms with Crippen LogP contribution in [0, 0.1) is 0 Å². The maximum absolute atomic E-state index is 5.99. The Morgan fingerprint density at radius 3 is 2.82 bits per heavy atom. The molecule has 17 heavy (non-hydrogen) atoms. The van der Waals surface area contributed by atoms with E-state index in [4.69, 9.17) is 10.5 Å². The number of fused-ring (bicyclic) bond motifs is 1. The summed E-state index contributed by atoms with van der Waals surface area (Å²) in [5.41, 5.74) is 8.72. The first-order valence-electron chi connectivity index (χ1n) is 6.54. The monoisotopic (exact) mass is 233 g/mol. The lowest BCUT2D eigenvalue weighted by Crippen LogP contribution is -2.31. The van der Waals surface area contributed by atoms with Gasteiger partial charge in [0.1, 0.15) is 5.75 Å². The van der Waals surface area contributed by atoms with Crippen molar-refractivity contribution in [2.24, 2.45) is 5.73 Å². The van der Waals surface area contributed by atoms with E-state index in [9.17, 15) is 0 Å². The molecule has 2 rings (SSSR count). The van der Waals surface area contributed by atoms with Gasteiger partial charge in [0.2, 0.25) is 0 Å². The zero-order chi connectivity index (χ0) is 12.5. The average molecular weight is 233 g/mol. The predicted molar refractivity (Wildman–Crippen MR) is 71.7 cm³/mol. The maximum atomic E-state index is 5.99. The Morgan fingerprint density at radius 2 is 2.18 bits per heavy atom. The minimum atomic E-state index is 0.0662. The van der Waals surface area contributed by atoms with E-state index in [0.717, 1.165) is 25.2 Å². The molecule has 2 heteroatoms. The van der Waals surface area contributed by atoms with E-state index in [-0.39, 0.29) is 5.41 Å². The largest absolute Gasteiger partial charge is 0.493 e. The number of rotatable bonds is 2. The summed E-state index contributed by atoms with van der Waals surface area (Å²) in [5.74, 6) is 1.57. The quantitative estimate of drug-likeness (QED) is 0.851. The molecule has 1 heterocycles. The summed E-state index contributed by atoms with van der Waals surface area (Å²) in [6.07, 6.45) is 2.19. The first-order valence-corrected chi connectivity index (χ1v) is 6.54. The molecule has 1 aliphatic heterocycles. The van der Waals surface area contributed by atoms with E-state index in [1.807, 2.05) is 0 Å². The molecule has 0 bridgehead atoms. The molecule has 0 amide bonds. The van der Waals surface area contributed by atoms with Crippen LogP contribution in [-0.2, 0) is 5.41 Å². The Labute approximate surface area is 104 Å². The van der Waals surface area contributed by atoms with Crippen molar-refractivity contribution < 1.29 is 4.74 Å². The normalized spacial score (nSPS) is 24.1. The van der Waals surface area contributed by atoms with Gasteiger partial charge in [0.05, 0.1) is 6.61 Å². The highest BCUT2D eigenvalue weighted by molar-refractivity contribution is 5.44. The number of ether oxygens (including phenoxy) is 1. The van der Waals surface area contributed by atoms with Gasteiger partial charge in [0.25, 0.3) is 0 Å². The van der Waals surface area contributed by atoms with Crippen LogP contribution < -0.4 is 10.5 Å². The van der Waals surface area contributed by atoms with Crippen LogP contribution in [0.3, 0.4) is 0 Å². The van der Waals surface area contributed by atoms with Crippen LogP contribution in [0.5, 0.6) is 5.75 Å². The lowest BCUT2D eigenvalue weighted by Gasteiger charge is -2.28. The standard InChI is InChI=1S/C15H23NO/c1-11(2)12-5-6-14-13(9-12)15(3,10-16)7-4-8-17-14/h5-6,9,11H,4,7-8,10,16H2,1-3H3. The van der Waals surface area contributed by atoms with Gasteiger partial charge in [-0.15, -0.1) is 0 Å². The summed E-state index contributed by atoms with van der Waals surface area (Å²) in [7, 11) is 0. The summed E-state index contributed by atoms with van der Waals surface area (Å²) < 4.78 is 5.82. The Balaban J connectivity index is 2.50. The van der Waals surface area contributed by atoms with Gasteiger partial charge >= 0.3 is 0 Å². The van der Waals surface area contributed by atoms with E-state index in [1.165, 1.54) is 11.1 Å². The Bertz CT molecular complexity index is 400. The fourth-order valence-corrected chi connectivity index (χ4v) is 2.50. The molecule has 0 saturated carbocycles. The van der Waals surface area contributed by atoms with E-state index in [2.05, 4.69) is 39.0 Å². The van der Waals surface area contributed by atoms with Crippen molar-refractivity contribution in [2.45, 2.75) is 44.9 Å². The summed E-state index contributed by atoms with van der Waals surface area (Å²) in [4.78, 5) is 0. The molecule has 0 saturated heterocycles. The average Bonchev–Trinajstić information content (AvgIpc) is 2.49. The van der Waals surface area contributed by atoms with Gasteiger partial charge in [-0.05, 0) is 30.4 Å². The molecule has 2 N–H and O–H groups in total. The van der Waals surface area contributed by atoms with Gasteiger partial charge in [-0.3, -0.25) is 0 Å². The van der Waals surface area contributed by atoms with Crippen molar-refractivity contribution in [1.82, 2.24) is 0 Å². The van der Waals surface area contributed by atoms with Gasteiger partial charge in [-0.25, -0.2) is 0 Å². The fourth-order valence-electron chi connectivity index (χ4n) is 2.50. The Hall–Kier alpha value is -1.02. The molecule has 2 nitrogen and oxygen atoms in total. The van der Waals surface area contributed by atoms with Crippen LogP contribution in [0.25, 0.3) is 0 Å².